The van der Waals surface area contributed by atoms with E-state index in [1.165, 1.54) is 0 Å². The van der Waals surface area contributed by atoms with E-state index in [0.29, 0.717) is 6.42 Å². The highest BCUT2D eigenvalue weighted by Gasteiger charge is 2.36. The minimum absolute atomic E-state index is 0.264. The van der Waals surface area contributed by atoms with Gasteiger partial charge >= 0.3 is 0 Å². The molecule has 3 aliphatic rings. The van der Waals surface area contributed by atoms with Gasteiger partial charge in [-0.15, -0.1) is 0 Å². The van der Waals surface area contributed by atoms with E-state index in [-0.39, 0.29) is 12.1 Å². The largest absolute Gasteiger partial charge is 0.391 e. The number of benzene rings is 1. The number of hydrogen-bond donors (Lipinski definition) is 1. The molecule has 0 amide bonds. The van der Waals surface area contributed by atoms with Crippen LogP contribution in [0, 0.1) is 6.92 Å². The summed E-state index contributed by atoms with van der Waals surface area (Å²) in [6.45, 7) is 7.49. The van der Waals surface area contributed by atoms with Crippen LogP contribution in [-0.4, -0.2) is 59.8 Å². The van der Waals surface area contributed by atoms with Crippen molar-refractivity contribution in [3.05, 3.63) is 34.3 Å². The van der Waals surface area contributed by atoms with Crippen LogP contribution in [0.25, 0.3) is 0 Å². The van der Waals surface area contributed by atoms with Gasteiger partial charge in [0.1, 0.15) is 0 Å². The fourth-order valence-corrected chi connectivity index (χ4v) is 3.51. The smallest absolute Gasteiger partial charge is 0.0748 e. The van der Waals surface area contributed by atoms with E-state index in [2.05, 4.69) is 15.9 Å². The molecule has 3 nitrogen and oxygen atoms in total. The predicted molar refractivity (Wildman–Crippen MR) is 77.7 cm³/mol. The van der Waals surface area contributed by atoms with Gasteiger partial charge in [0, 0.05) is 50.2 Å². The number of rotatable bonds is 3. The number of halogens is 1. The highest BCUT2D eigenvalue weighted by Crippen LogP contribution is 2.24. The summed E-state index contributed by atoms with van der Waals surface area (Å²) in [4.78, 5) is 4.87. The van der Waals surface area contributed by atoms with E-state index < -0.39 is 0 Å². The number of piperazine rings is 3. The molecule has 0 spiro atoms. The Balaban J connectivity index is 1.69. The second kappa shape index (κ2) is 5.41. The van der Waals surface area contributed by atoms with E-state index >= 15 is 0 Å². The summed E-state index contributed by atoms with van der Waals surface area (Å²) in [6.07, 6.45) is 0.317. The average molecular weight is 281 g/mol. The first-order valence-electron chi connectivity index (χ1n) is 7.03. The molecular weight excluding hydrogens is 260 g/mol. The monoisotopic (exact) mass is 280 g/mol. The molecule has 0 radical (unpaired) electrons. The number of aliphatic hydroxyl groups excluding tert-OH is 1. The Morgan fingerprint density at radius 2 is 2.05 bits per heavy atom. The third-order valence-electron chi connectivity index (χ3n) is 4.40. The molecule has 0 aromatic heterocycles. The molecule has 2 unspecified atom stereocenters. The Hall–Kier alpha value is -0.610. The second-order valence-electron chi connectivity index (χ2n) is 5.77. The molecule has 4 rings (SSSR count). The summed E-state index contributed by atoms with van der Waals surface area (Å²) >= 11 is 6.26. The van der Waals surface area contributed by atoms with Gasteiger partial charge in [0.15, 0.2) is 0 Å². The van der Waals surface area contributed by atoms with E-state index in [4.69, 9.17) is 11.6 Å². The third kappa shape index (κ3) is 2.79. The molecule has 2 atom stereocenters. The maximum atomic E-state index is 10.5. The molecule has 0 saturated carbocycles. The molecule has 1 aromatic rings. The predicted octanol–water partition coefficient (Wildman–Crippen LogP) is 1.55. The molecule has 3 fully saturated rings. The molecule has 1 aromatic carbocycles. The van der Waals surface area contributed by atoms with Gasteiger partial charge in [-0.1, -0.05) is 23.7 Å². The molecule has 3 aliphatic heterocycles. The van der Waals surface area contributed by atoms with E-state index in [0.717, 1.165) is 48.9 Å². The summed E-state index contributed by atoms with van der Waals surface area (Å²) in [5, 5.41) is 11.3. The van der Waals surface area contributed by atoms with E-state index in [9.17, 15) is 5.11 Å². The molecule has 3 saturated heterocycles. The lowest BCUT2D eigenvalue weighted by Gasteiger charge is -2.49. The van der Waals surface area contributed by atoms with Gasteiger partial charge in [-0.2, -0.15) is 0 Å². The van der Waals surface area contributed by atoms with Gasteiger partial charge < -0.3 is 5.11 Å². The SMILES string of the molecule is Cc1ccc(CC(O)C2CN3CCN2CC3)c(Cl)c1. The highest BCUT2D eigenvalue weighted by molar-refractivity contribution is 6.31. The fourth-order valence-electron chi connectivity index (χ4n) is 3.20. The van der Waals surface area contributed by atoms with Crippen LogP contribution < -0.4 is 0 Å². The van der Waals surface area contributed by atoms with Gasteiger partial charge in [-0.25, -0.2) is 0 Å². The zero-order chi connectivity index (χ0) is 13.4. The van der Waals surface area contributed by atoms with Crippen LogP contribution in [0.1, 0.15) is 11.1 Å². The average Bonchev–Trinajstić information content (AvgIpc) is 2.43. The number of nitrogens with zero attached hydrogens (tertiary/aromatic N) is 2. The summed E-state index contributed by atoms with van der Waals surface area (Å²) in [6, 6.07) is 6.34. The lowest BCUT2D eigenvalue weighted by atomic mass is 9.96. The van der Waals surface area contributed by atoms with Crippen LogP contribution in [0.2, 0.25) is 5.02 Å². The van der Waals surface area contributed by atoms with Gasteiger partial charge in [0.2, 0.25) is 0 Å². The van der Waals surface area contributed by atoms with Crippen LogP contribution in [-0.2, 0) is 6.42 Å². The van der Waals surface area contributed by atoms with Crippen molar-refractivity contribution in [1.29, 1.82) is 0 Å². The minimum Gasteiger partial charge on any atom is -0.391 e. The second-order valence-corrected chi connectivity index (χ2v) is 6.18. The van der Waals surface area contributed by atoms with E-state index in [1.807, 2.05) is 19.1 Å². The van der Waals surface area contributed by atoms with E-state index in [1.54, 1.807) is 0 Å². The molecule has 3 heterocycles. The van der Waals surface area contributed by atoms with Crippen LogP contribution in [0.15, 0.2) is 18.2 Å². The number of aryl methyl sites for hydroxylation is 1. The molecular formula is C15H21ClN2O. The van der Waals surface area contributed by atoms with Crippen LogP contribution >= 0.6 is 11.6 Å². The van der Waals surface area contributed by atoms with Crippen molar-refractivity contribution in [1.82, 2.24) is 9.80 Å². The Labute approximate surface area is 119 Å². The standard InChI is InChI=1S/C15H21ClN2O/c1-11-2-3-12(13(16)8-11)9-15(19)14-10-17-4-6-18(14)7-5-17/h2-3,8,14-15,19H,4-7,9-10H2,1H3. The van der Waals surface area contributed by atoms with Crippen molar-refractivity contribution in [3.8, 4) is 0 Å². The normalized spacial score (nSPS) is 31.4. The lowest BCUT2D eigenvalue weighted by Crippen LogP contribution is -2.64. The third-order valence-corrected chi connectivity index (χ3v) is 4.75. The zero-order valence-corrected chi connectivity index (χ0v) is 12.1. The summed E-state index contributed by atoms with van der Waals surface area (Å²) in [5.41, 5.74) is 2.22. The van der Waals surface area contributed by atoms with Crippen molar-refractivity contribution in [2.75, 3.05) is 32.7 Å². The quantitative estimate of drug-likeness (QED) is 0.910. The van der Waals surface area contributed by atoms with Crippen molar-refractivity contribution >= 4 is 11.6 Å². The van der Waals surface area contributed by atoms with Crippen molar-refractivity contribution in [2.24, 2.45) is 0 Å². The van der Waals surface area contributed by atoms with Gasteiger partial charge in [0.05, 0.1) is 6.10 Å². The summed E-state index contributed by atoms with van der Waals surface area (Å²) in [5.74, 6) is 0. The number of fused-ring (bicyclic) bond motifs is 3. The van der Waals surface area contributed by atoms with Crippen molar-refractivity contribution < 1.29 is 5.11 Å². The number of aliphatic hydroxyl groups is 1. The molecule has 1 N–H and O–H groups in total. The van der Waals surface area contributed by atoms with Crippen molar-refractivity contribution in [3.63, 3.8) is 0 Å². The molecule has 0 aliphatic carbocycles. The first-order valence-corrected chi connectivity index (χ1v) is 7.41. The van der Waals surface area contributed by atoms with Gasteiger partial charge in [-0.3, -0.25) is 9.80 Å². The summed E-state index contributed by atoms with van der Waals surface area (Å²) < 4.78 is 0. The first-order chi connectivity index (χ1) is 9.13. The summed E-state index contributed by atoms with van der Waals surface area (Å²) in [7, 11) is 0. The lowest BCUT2D eigenvalue weighted by molar-refractivity contribution is -0.0453. The van der Waals surface area contributed by atoms with Crippen LogP contribution in [0.4, 0.5) is 0 Å². The number of hydrogen-bond acceptors (Lipinski definition) is 3. The fraction of sp³-hybridized carbons (Fsp3) is 0.600. The van der Waals surface area contributed by atoms with Crippen LogP contribution in [0.3, 0.4) is 0 Å². The topological polar surface area (TPSA) is 26.7 Å². The van der Waals surface area contributed by atoms with Crippen molar-refractivity contribution in [2.45, 2.75) is 25.5 Å². The highest BCUT2D eigenvalue weighted by atomic mass is 35.5. The molecule has 2 bridgehead atoms. The van der Waals surface area contributed by atoms with Crippen LogP contribution in [0.5, 0.6) is 0 Å². The Morgan fingerprint density at radius 1 is 1.32 bits per heavy atom. The Kier molecular flexibility index (Phi) is 3.81. The molecule has 19 heavy (non-hydrogen) atoms. The first kappa shape index (κ1) is 13.4. The maximum Gasteiger partial charge on any atom is 0.0748 e. The molecule has 104 valence electrons. The van der Waals surface area contributed by atoms with Gasteiger partial charge in [-0.05, 0) is 24.1 Å². The minimum atomic E-state index is -0.330. The van der Waals surface area contributed by atoms with Gasteiger partial charge in [0.25, 0.3) is 0 Å². The maximum absolute atomic E-state index is 10.5. The molecule has 4 heteroatoms. The Bertz CT molecular complexity index is 457. The Morgan fingerprint density at radius 3 is 2.63 bits per heavy atom. The zero-order valence-electron chi connectivity index (χ0n) is 11.3.